The normalized spacial score (nSPS) is 26.5. The van der Waals surface area contributed by atoms with Gasteiger partial charge in [-0.2, -0.15) is 0 Å². The Morgan fingerprint density at radius 2 is 1.50 bits per heavy atom. The summed E-state index contributed by atoms with van der Waals surface area (Å²) in [4.78, 5) is 22.2. The molecule has 2 heterocycles. The second-order valence-electron chi connectivity index (χ2n) is 7.09. The molecule has 4 atom stereocenters. The number of amides is 1. The largest absolute Gasteiger partial charge is 0.480 e. The number of hydrogen-bond donors (Lipinski definition) is 6. The number of carbonyl (C=O) groups is 2. The summed E-state index contributed by atoms with van der Waals surface area (Å²) >= 11 is 0. The molecule has 2 aromatic carbocycles. The van der Waals surface area contributed by atoms with Gasteiger partial charge in [-0.25, -0.2) is 0 Å². The van der Waals surface area contributed by atoms with Crippen LogP contribution in [0.25, 0.3) is 10.8 Å². The molecule has 28 heavy (non-hydrogen) atoms. The average Bonchev–Trinajstić information content (AvgIpc) is 3.31. The standard InChI is InChI=1S/C15H16N2O2.C5H9NO3/c18-13-8-14(16-9-13)15(19)17-12-6-5-10-3-1-2-4-11(10)7-12;7-3-1-4(5(8)9)6-2-3/h1-7,13-14,16,18H,8-9H2,(H,17,19);3-4,6-7H,1-2H2,(H,8,9)/t13-,14+;3-,4+/m11/s1. The summed E-state index contributed by atoms with van der Waals surface area (Å²) in [5.41, 5.74) is 0.784. The molecule has 2 aliphatic rings. The topological polar surface area (TPSA) is 131 Å². The van der Waals surface area contributed by atoms with Crippen LogP contribution in [-0.2, 0) is 9.59 Å². The van der Waals surface area contributed by atoms with E-state index in [4.69, 9.17) is 10.2 Å². The molecule has 2 aromatic rings. The Morgan fingerprint density at radius 3 is 2.04 bits per heavy atom. The second-order valence-corrected chi connectivity index (χ2v) is 7.09. The second kappa shape index (κ2) is 9.11. The van der Waals surface area contributed by atoms with E-state index in [-0.39, 0.29) is 11.9 Å². The van der Waals surface area contributed by atoms with E-state index in [1.807, 2.05) is 42.5 Å². The highest BCUT2D eigenvalue weighted by Gasteiger charge is 2.28. The van der Waals surface area contributed by atoms with Crippen molar-refractivity contribution in [1.29, 1.82) is 0 Å². The van der Waals surface area contributed by atoms with Crippen LogP contribution in [0.2, 0.25) is 0 Å². The number of β-amino-alcohol motifs (C(OH)–C–C–N with tert-alkyl or cyclic N) is 2. The maximum Gasteiger partial charge on any atom is 0.320 e. The van der Waals surface area contributed by atoms with Crippen LogP contribution in [0.1, 0.15) is 12.8 Å². The Labute approximate surface area is 162 Å². The number of nitrogens with one attached hydrogen (secondary N) is 3. The summed E-state index contributed by atoms with van der Waals surface area (Å²) in [6.45, 7) is 0.882. The van der Waals surface area contributed by atoms with E-state index in [0.29, 0.717) is 25.9 Å². The van der Waals surface area contributed by atoms with Crippen molar-refractivity contribution in [3.8, 4) is 0 Å². The average molecular weight is 387 g/mol. The molecule has 0 saturated carbocycles. The molecule has 0 bridgehead atoms. The van der Waals surface area contributed by atoms with E-state index in [9.17, 15) is 14.7 Å². The maximum absolute atomic E-state index is 12.0. The van der Waals surface area contributed by atoms with Crippen LogP contribution < -0.4 is 16.0 Å². The molecule has 2 saturated heterocycles. The zero-order chi connectivity index (χ0) is 20.1. The molecule has 8 heteroatoms. The zero-order valence-corrected chi connectivity index (χ0v) is 15.3. The molecule has 2 aliphatic heterocycles. The third-order valence-electron chi connectivity index (χ3n) is 4.85. The Balaban J connectivity index is 0.000000211. The van der Waals surface area contributed by atoms with Gasteiger partial charge in [0.2, 0.25) is 5.91 Å². The molecule has 0 spiro atoms. The third-order valence-corrected chi connectivity index (χ3v) is 4.85. The van der Waals surface area contributed by atoms with E-state index in [2.05, 4.69) is 16.0 Å². The minimum Gasteiger partial charge on any atom is -0.480 e. The highest BCUT2D eigenvalue weighted by atomic mass is 16.4. The Hall–Kier alpha value is -2.52. The molecule has 150 valence electrons. The monoisotopic (exact) mass is 387 g/mol. The van der Waals surface area contributed by atoms with Crippen LogP contribution in [0.5, 0.6) is 0 Å². The smallest absolute Gasteiger partial charge is 0.320 e. The molecule has 0 unspecified atom stereocenters. The van der Waals surface area contributed by atoms with Crippen LogP contribution in [0.15, 0.2) is 42.5 Å². The van der Waals surface area contributed by atoms with Gasteiger partial charge in [0.1, 0.15) is 6.04 Å². The number of carboxylic acids is 1. The highest BCUT2D eigenvalue weighted by molar-refractivity contribution is 5.97. The summed E-state index contributed by atoms with van der Waals surface area (Å²) < 4.78 is 0. The van der Waals surface area contributed by atoms with Crippen LogP contribution in [0.4, 0.5) is 5.69 Å². The van der Waals surface area contributed by atoms with Crippen LogP contribution in [0.3, 0.4) is 0 Å². The van der Waals surface area contributed by atoms with Gasteiger partial charge in [-0.1, -0.05) is 30.3 Å². The molecule has 4 rings (SSSR count). The number of aliphatic hydroxyl groups excluding tert-OH is 2. The minimum atomic E-state index is -0.883. The van der Waals surface area contributed by atoms with Gasteiger partial charge in [0.15, 0.2) is 0 Å². The lowest BCUT2D eigenvalue weighted by atomic mass is 10.1. The van der Waals surface area contributed by atoms with Gasteiger partial charge in [-0.05, 0) is 29.3 Å². The lowest BCUT2D eigenvalue weighted by Crippen LogP contribution is -2.35. The van der Waals surface area contributed by atoms with Crippen LogP contribution in [0, 0.1) is 0 Å². The van der Waals surface area contributed by atoms with Crippen molar-refractivity contribution in [2.24, 2.45) is 0 Å². The van der Waals surface area contributed by atoms with Crippen molar-refractivity contribution in [2.75, 3.05) is 18.4 Å². The molecule has 8 nitrogen and oxygen atoms in total. The van der Waals surface area contributed by atoms with E-state index in [1.54, 1.807) is 0 Å². The third kappa shape index (κ3) is 5.26. The molecule has 0 aliphatic carbocycles. The number of carboxylic acid groups (broad SMARTS) is 1. The first kappa shape index (κ1) is 20.2. The minimum absolute atomic E-state index is 0.0909. The molecule has 1 amide bonds. The number of anilines is 1. The fourth-order valence-electron chi connectivity index (χ4n) is 3.32. The summed E-state index contributed by atoms with van der Waals surface area (Å²) in [6, 6.07) is 13.0. The molecule has 0 radical (unpaired) electrons. The van der Waals surface area contributed by atoms with E-state index < -0.39 is 24.2 Å². The quantitative estimate of drug-likeness (QED) is 0.446. The Kier molecular flexibility index (Phi) is 6.58. The lowest BCUT2D eigenvalue weighted by Gasteiger charge is -2.11. The van der Waals surface area contributed by atoms with E-state index in [0.717, 1.165) is 16.5 Å². The fraction of sp³-hybridized carbons (Fsp3) is 0.400. The number of hydrogen-bond acceptors (Lipinski definition) is 6. The van der Waals surface area contributed by atoms with Crippen molar-refractivity contribution >= 4 is 28.3 Å². The van der Waals surface area contributed by atoms with E-state index in [1.165, 1.54) is 0 Å². The van der Waals surface area contributed by atoms with Gasteiger partial charge in [-0.3, -0.25) is 9.59 Å². The van der Waals surface area contributed by atoms with Gasteiger partial charge in [0, 0.05) is 25.2 Å². The molecule has 6 N–H and O–H groups in total. The number of fused-ring (bicyclic) bond motifs is 1. The maximum atomic E-state index is 12.0. The Bertz CT molecular complexity index is 843. The van der Waals surface area contributed by atoms with Crippen molar-refractivity contribution in [3.63, 3.8) is 0 Å². The van der Waals surface area contributed by atoms with Gasteiger partial charge >= 0.3 is 5.97 Å². The summed E-state index contributed by atoms with van der Waals surface area (Å²) in [6.07, 6.45) is -0.104. The summed E-state index contributed by atoms with van der Waals surface area (Å²) in [7, 11) is 0. The molecular formula is C20H25N3O5. The molecule has 0 aromatic heterocycles. The fourth-order valence-corrected chi connectivity index (χ4v) is 3.32. The number of aliphatic hydroxyl groups is 2. The van der Waals surface area contributed by atoms with Crippen molar-refractivity contribution in [3.05, 3.63) is 42.5 Å². The van der Waals surface area contributed by atoms with Crippen LogP contribution >= 0.6 is 0 Å². The van der Waals surface area contributed by atoms with Gasteiger partial charge in [0.05, 0.1) is 18.2 Å². The molecule has 2 fully saturated rings. The predicted molar refractivity (Wildman–Crippen MR) is 105 cm³/mol. The number of aliphatic carboxylic acids is 1. The number of carbonyl (C=O) groups excluding carboxylic acids is 1. The first-order valence-corrected chi connectivity index (χ1v) is 9.27. The lowest BCUT2D eigenvalue weighted by molar-refractivity contribution is -0.139. The molecular weight excluding hydrogens is 362 g/mol. The Morgan fingerprint density at radius 1 is 0.893 bits per heavy atom. The first-order chi connectivity index (χ1) is 13.4. The SMILES string of the molecule is O=C(Nc1ccc2ccccc2c1)[C@@H]1C[C@@H](O)CN1.O=C(O)[C@@H]1C[C@@H](O)CN1. The van der Waals surface area contributed by atoms with E-state index >= 15 is 0 Å². The summed E-state index contributed by atoms with van der Waals surface area (Å²) in [5.74, 6) is -0.974. The highest BCUT2D eigenvalue weighted by Crippen LogP contribution is 2.19. The number of benzene rings is 2. The first-order valence-electron chi connectivity index (χ1n) is 9.27. The summed E-state index contributed by atoms with van der Waals surface area (Å²) in [5, 5.41) is 37.4. The predicted octanol–water partition coefficient (Wildman–Crippen LogP) is 0.295. The van der Waals surface area contributed by atoms with Gasteiger partial charge in [0.25, 0.3) is 0 Å². The van der Waals surface area contributed by atoms with Crippen molar-refractivity contribution < 1.29 is 24.9 Å². The van der Waals surface area contributed by atoms with Gasteiger partial charge < -0.3 is 31.3 Å². The van der Waals surface area contributed by atoms with Gasteiger partial charge in [-0.15, -0.1) is 0 Å². The van der Waals surface area contributed by atoms with Crippen molar-refractivity contribution in [1.82, 2.24) is 10.6 Å². The zero-order valence-electron chi connectivity index (χ0n) is 15.3. The van der Waals surface area contributed by atoms with Crippen LogP contribution in [-0.4, -0.2) is 64.6 Å². The van der Waals surface area contributed by atoms with Crippen molar-refractivity contribution in [2.45, 2.75) is 37.1 Å². The number of rotatable bonds is 3.